The zero-order valence-corrected chi connectivity index (χ0v) is 10.9. The summed E-state index contributed by atoms with van der Waals surface area (Å²) >= 11 is 0. The van der Waals surface area contributed by atoms with E-state index in [2.05, 4.69) is 38.7 Å². The fourth-order valence-electron chi connectivity index (χ4n) is 2.74. The molecule has 3 nitrogen and oxygen atoms in total. The van der Waals surface area contributed by atoms with E-state index in [0.717, 1.165) is 12.1 Å². The Labute approximate surface area is 103 Å². The number of aromatic nitrogens is 1. The maximum Gasteiger partial charge on any atom is 0.117 e. The Hall–Kier alpha value is -1.27. The van der Waals surface area contributed by atoms with Crippen molar-refractivity contribution in [1.82, 2.24) is 4.98 Å². The molecule has 2 heterocycles. The lowest BCUT2D eigenvalue weighted by atomic mass is 9.74. The molecule has 1 N–H and O–H groups in total. The van der Waals surface area contributed by atoms with Crippen LogP contribution in [0.4, 0.5) is 0 Å². The second kappa shape index (κ2) is 4.19. The summed E-state index contributed by atoms with van der Waals surface area (Å²) in [4.78, 5) is 3.14. The zero-order chi connectivity index (χ0) is 12.6. The topological polar surface area (TPSA) is 48.8 Å². The minimum Gasteiger partial charge on any atom is -0.368 e. The summed E-state index contributed by atoms with van der Waals surface area (Å²) in [5.41, 5.74) is 1.72. The number of rotatable bonds is 2. The van der Waals surface area contributed by atoms with E-state index in [9.17, 15) is 0 Å². The quantitative estimate of drug-likeness (QED) is 0.849. The number of nitrogens with zero attached hydrogens (tertiary/aromatic N) is 1. The number of hydrogen-bond acceptors (Lipinski definition) is 2. The van der Waals surface area contributed by atoms with Crippen LogP contribution in [0, 0.1) is 22.7 Å². The van der Waals surface area contributed by atoms with Crippen molar-refractivity contribution in [3.63, 3.8) is 0 Å². The van der Waals surface area contributed by atoms with Crippen LogP contribution in [0.2, 0.25) is 0 Å². The summed E-state index contributed by atoms with van der Waals surface area (Å²) in [5.74, 6) is 0.520. The van der Waals surface area contributed by atoms with Gasteiger partial charge in [-0.3, -0.25) is 0 Å². The maximum atomic E-state index is 8.85. The van der Waals surface area contributed by atoms with Crippen molar-refractivity contribution in [2.75, 3.05) is 0 Å². The molecule has 0 bridgehead atoms. The van der Waals surface area contributed by atoms with E-state index in [1.54, 1.807) is 0 Å². The molecule has 92 valence electrons. The summed E-state index contributed by atoms with van der Waals surface area (Å²) in [5, 5.41) is 8.85. The highest BCUT2D eigenvalue weighted by Crippen LogP contribution is 2.51. The van der Waals surface area contributed by atoms with E-state index >= 15 is 0 Å². The van der Waals surface area contributed by atoms with E-state index in [-0.39, 0.29) is 11.5 Å². The number of hydrogen-bond donors (Lipinski definition) is 1. The molecule has 3 heteroatoms. The zero-order valence-electron chi connectivity index (χ0n) is 10.9. The first kappa shape index (κ1) is 12.2. The number of aromatic amines is 1. The van der Waals surface area contributed by atoms with Crippen LogP contribution in [0.3, 0.4) is 0 Å². The highest BCUT2D eigenvalue weighted by atomic mass is 16.5. The Morgan fingerprint density at radius 3 is 2.65 bits per heavy atom. The Morgan fingerprint density at radius 1 is 1.47 bits per heavy atom. The maximum absolute atomic E-state index is 8.85. The molecule has 0 saturated carbocycles. The summed E-state index contributed by atoms with van der Waals surface area (Å²) in [7, 11) is 0. The molecule has 0 radical (unpaired) electrons. The second-order valence-electron chi connectivity index (χ2n) is 5.51. The number of H-pyrrole nitrogens is 1. The third-order valence-corrected chi connectivity index (χ3v) is 4.23. The van der Waals surface area contributed by atoms with E-state index in [1.807, 2.05) is 12.1 Å². The molecular weight excluding hydrogens is 212 g/mol. The molecular formula is C14H20N2O. The predicted molar refractivity (Wildman–Crippen MR) is 66.4 cm³/mol. The Morgan fingerprint density at radius 2 is 2.18 bits per heavy atom. The molecule has 2 rings (SSSR count). The fourth-order valence-corrected chi connectivity index (χ4v) is 2.74. The van der Waals surface area contributed by atoms with Crippen molar-refractivity contribution in [2.45, 2.75) is 46.3 Å². The van der Waals surface area contributed by atoms with Crippen molar-refractivity contribution >= 4 is 0 Å². The Kier molecular flexibility index (Phi) is 3.01. The fraction of sp³-hybridized carbons (Fsp3) is 0.643. The predicted octanol–water partition coefficient (Wildman–Crippen LogP) is 3.40. The van der Waals surface area contributed by atoms with Gasteiger partial charge >= 0.3 is 0 Å². The molecule has 1 fully saturated rings. The van der Waals surface area contributed by atoms with Gasteiger partial charge in [0.1, 0.15) is 17.9 Å². The monoisotopic (exact) mass is 232 g/mol. The molecule has 0 unspecified atom stereocenters. The normalized spacial score (nSPS) is 31.4. The third kappa shape index (κ3) is 1.87. The van der Waals surface area contributed by atoms with E-state index in [1.165, 1.54) is 0 Å². The van der Waals surface area contributed by atoms with Crippen molar-refractivity contribution in [3.05, 3.63) is 23.5 Å². The first-order valence-corrected chi connectivity index (χ1v) is 6.25. The highest BCUT2D eigenvalue weighted by Gasteiger charge is 2.48. The van der Waals surface area contributed by atoms with E-state index < -0.39 is 0 Å². The largest absolute Gasteiger partial charge is 0.368 e. The minimum atomic E-state index is 0.0598. The van der Waals surface area contributed by atoms with Crippen LogP contribution < -0.4 is 0 Å². The lowest BCUT2D eigenvalue weighted by molar-refractivity contribution is 0.0136. The molecule has 1 aromatic rings. The van der Waals surface area contributed by atoms with Gasteiger partial charge in [-0.25, -0.2) is 0 Å². The van der Waals surface area contributed by atoms with Gasteiger partial charge in [-0.1, -0.05) is 27.7 Å². The van der Waals surface area contributed by atoms with Crippen molar-refractivity contribution in [1.29, 1.82) is 5.26 Å². The van der Waals surface area contributed by atoms with Gasteiger partial charge in [-0.2, -0.15) is 5.26 Å². The van der Waals surface area contributed by atoms with E-state index in [0.29, 0.717) is 17.7 Å². The Balaban J connectivity index is 2.30. The van der Waals surface area contributed by atoms with Crippen LogP contribution in [-0.2, 0) is 4.74 Å². The van der Waals surface area contributed by atoms with E-state index in [4.69, 9.17) is 10.00 Å². The van der Waals surface area contributed by atoms with Crippen molar-refractivity contribution in [3.8, 4) is 6.07 Å². The molecule has 1 aliphatic heterocycles. The van der Waals surface area contributed by atoms with Crippen LogP contribution in [0.15, 0.2) is 12.1 Å². The number of ether oxygens (including phenoxy) is 1. The highest BCUT2D eigenvalue weighted by molar-refractivity contribution is 5.26. The molecule has 1 aromatic heterocycles. The van der Waals surface area contributed by atoms with Crippen LogP contribution in [-0.4, -0.2) is 11.1 Å². The second-order valence-corrected chi connectivity index (χ2v) is 5.51. The first-order valence-electron chi connectivity index (χ1n) is 6.25. The summed E-state index contributed by atoms with van der Waals surface area (Å²) in [6.45, 7) is 8.90. The molecule has 0 amide bonds. The standard InChI is InChI=1S/C14H20N2O/c1-5-12-9(2)14(3,4)13(17-12)11-7-6-10(8-15)16-11/h6-7,9,12-13,16H,5H2,1-4H3/t9-,12-,13+/m1/s1. The lowest BCUT2D eigenvalue weighted by Gasteiger charge is -2.28. The molecule has 3 atom stereocenters. The van der Waals surface area contributed by atoms with Gasteiger partial charge in [0.05, 0.1) is 6.10 Å². The Bertz CT molecular complexity index is 441. The van der Waals surface area contributed by atoms with Gasteiger partial charge in [0.15, 0.2) is 0 Å². The van der Waals surface area contributed by atoms with Gasteiger partial charge in [0, 0.05) is 11.1 Å². The molecule has 0 aliphatic carbocycles. The minimum absolute atomic E-state index is 0.0598. The van der Waals surface area contributed by atoms with Gasteiger partial charge in [-0.05, 0) is 24.5 Å². The van der Waals surface area contributed by atoms with Gasteiger partial charge in [0.2, 0.25) is 0 Å². The smallest absolute Gasteiger partial charge is 0.117 e. The third-order valence-electron chi connectivity index (χ3n) is 4.23. The lowest BCUT2D eigenvalue weighted by Crippen LogP contribution is -2.25. The average molecular weight is 232 g/mol. The molecule has 0 spiro atoms. The van der Waals surface area contributed by atoms with Crippen LogP contribution in [0.25, 0.3) is 0 Å². The number of nitriles is 1. The summed E-state index contributed by atoms with van der Waals surface area (Å²) in [6, 6.07) is 5.91. The van der Waals surface area contributed by atoms with Crippen molar-refractivity contribution in [2.24, 2.45) is 11.3 Å². The van der Waals surface area contributed by atoms with Crippen LogP contribution in [0.5, 0.6) is 0 Å². The number of nitrogens with one attached hydrogen (secondary N) is 1. The first-order chi connectivity index (χ1) is 8.00. The molecule has 17 heavy (non-hydrogen) atoms. The van der Waals surface area contributed by atoms with Crippen molar-refractivity contribution < 1.29 is 4.74 Å². The molecule has 1 saturated heterocycles. The SMILES string of the molecule is CC[C@H]1O[C@@H](c2ccc(C#N)[nH]2)C(C)(C)[C@@H]1C. The molecule has 1 aliphatic rings. The summed E-state index contributed by atoms with van der Waals surface area (Å²) in [6.07, 6.45) is 1.40. The average Bonchev–Trinajstić information content (AvgIpc) is 2.84. The van der Waals surface area contributed by atoms with Gasteiger partial charge in [-0.15, -0.1) is 0 Å². The van der Waals surface area contributed by atoms with Gasteiger partial charge < -0.3 is 9.72 Å². The van der Waals surface area contributed by atoms with Gasteiger partial charge in [0.25, 0.3) is 0 Å². The molecule has 0 aromatic carbocycles. The van der Waals surface area contributed by atoms with Crippen LogP contribution >= 0.6 is 0 Å². The van der Waals surface area contributed by atoms with Crippen LogP contribution in [0.1, 0.15) is 51.6 Å². The summed E-state index contributed by atoms with van der Waals surface area (Å²) < 4.78 is 6.14.